The van der Waals surface area contributed by atoms with Gasteiger partial charge in [0.05, 0.1) is 11.9 Å². The van der Waals surface area contributed by atoms with Crippen LogP contribution in [0.3, 0.4) is 0 Å². The second kappa shape index (κ2) is 3.36. The zero-order valence-electron chi connectivity index (χ0n) is 7.73. The number of hydrogen-bond acceptors (Lipinski definition) is 4. The molecule has 0 unspecified atom stereocenters. The molecule has 0 aromatic rings. The summed E-state index contributed by atoms with van der Waals surface area (Å²) in [5.41, 5.74) is 5.77. The Bertz CT molecular complexity index is 393. The lowest BCUT2D eigenvalue weighted by atomic mass is 9.93. The zero-order valence-corrected chi connectivity index (χ0v) is 8.55. The van der Waals surface area contributed by atoms with Gasteiger partial charge in [-0.1, -0.05) is 6.42 Å². The van der Waals surface area contributed by atoms with Crippen LogP contribution in [0.5, 0.6) is 0 Å². The Kier molecular flexibility index (Phi) is 2.32. The van der Waals surface area contributed by atoms with Gasteiger partial charge in [-0.15, -0.1) is 0 Å². The van der Waals surface area contributed by atoms with Crippen LogP contribution in [0.15, 0.2) is 15.0 Å². The van der Waals surface area contributed by atoms with Crippen molar-refractivity contribution in [2.24, 2.45) is 10.1 Å². The highest BCUT2D eigenvalue weighted by Crippen LogP contribution is 2.20. The van der Waals surface area contributed by atoms with Crippen molar-refractivity contribution in [2.45, 2.75) is 25.3 Å². The van der Waals surface area contributed by atoms with Crippen molar-refractivity contribution in [2.75, 3.05) is 6.54 Å². The average Bonchev–Trinajstić information content (AvgIpc) is 2.27. The molecule has 2 aliphatic rings. The molecule has 0 radical (unpaired) electrons. The van der Waals surface area contributed by atoms with Crippen LogP contribution < -0.4 is 11.1 Å². The van der Waals surface area contributed by atoms with Crippen LogP contribution >= 0.6 is 0 Å². The van der Waals surface area contributed by atoms with Gasteiger partial charge in [0.2, 0.25) is 0 Å². The van der Waals surface area contributed by atoms with E-state index in [-0.39, 0.29) is 10.6 Å². The van der Waals surface area contributed by atoms with Crippen molar-refractivity contribution in [3.63, 3.8) is 0 Å². The molecule has 1 aliphatic heterocycles. The summed E-state index contributed by atoms with van der Waals surface area (Å²) < 4.78 is 26.0. The summed E-state index contributed by atoms with van der Waals surface area (Å²) in [5, 5.41) is 3.15. The van der Waals surface area contributed by atoms with Gasteiger partial charge in [0.25, 0.3) is 10.0 Å². The Balaban J connectivity index is 2.00. The van der Waals surface area contributed by atoms with E-state index in [0.29, 0.717) is 12.6 Å². The molecular weight excluding hydrogens is 202 g/mol. The fourth-order valence-corrected chi connectivity index (χ4v) is 2.45. The highest BCUT2D eigenvalue weighted by atomic mass is 32.2. The number of nitrogens with two attached hydrogens (primary N) is 1. The van der Waals surface area contributed by atoms with Gasteiger partial charge >= 0.3 is 0 Å². The van der Waals surface area contributed by atoms with Crippen LogP contribution in [-0.4, -0.2) is 27.2 Å². The van der Waals surface area contributed by atoms with E-state index in [1.807, 2.05) is 0 Å². The summed E-state index contributed by atoms with van der Waals surface area (Å²) in [5.74, 6) is 0. The minimum absolute atomic E-state index is 0.212. The maximum absolute atomic E-state index is 11.3. The third kappa shape index (κ3) is 1.67. The predicted octanol–water partition coefficient (Wildman–Crippen LogP) is -0.287. The third-order valence-corrected chi connectivity index (χ3v) is 4.01. The van der Waals surface area contributed by atoms with Crippen LogP contribution in [0, 0.1) is 0 Å². The summed E-state index contributed by atoms with van der Waals surface area (Å²) in [4.78, 5) is 0.212. The van der Waals surface area contributed by atoms with Crippen molar-refractivity contribution < 1.29 is 8.42 Å². The average molecular weight is 215 g/mol. The molecule has 6 heteroatoms. The summed E-state index contributed by atoms with van der Waals surface area (Å²) in [6.07, 6.45) is 4.66. The lowest BCUT2D eigenvalue weighted by molar-refractivity contribution is 0.350. The fraction of sp³-hybridized carbons (Fsp3) is 0.625. The van der Waals surface area contributed by atoms with E-state index in [1.165, 1.54) is 12.6 Å². The lowest BCUT2D eigenvalue weighted by Gasteiger charge is -2.26. The minimum Gasteiger partial charge on any atom is -0.397 e. The second-order valence-electron chi connectivity index (χ2n) is 3.60. The summed E-state index contributed by atoms with van der Waals surface area (Å²) in [6, 6.07) is 0.450. The number of nitrogens with zero attached hydrogens (tertiary/aromatic N) is 1. The molecule has 1 aliphatic carbocycles. The third-order valence-electron chi connectivity index (χ3n) is 2.62. The van der Waals surface area contributed by atoms with Crippen molar-refractivity contribution in [3.05, 3.63) is 10.6 Å². The molecule has 1 heterocycles. The first-order valence-corrected chi connectivity index (χ1v) is 6.06. The van der Waals surface area contributed by atoms with Gasteiger partial charge in [-0.2, -0.15) is 12.8 Å². The molecule has 0 amide bonds. The van der Waals surface area contributed by atoms with Crippen molar-refractivity contribution >= 4 is 16.2 Å². The van der Waals surface area contributed by atoms with Gasteiger partial charge in [0, 0.05) is 12.6 Å². The monoisotopic (exact) mass is 215 g/mol. The smallest absolute Gasteiger partial charge is 0.281 e. The van der Waals surface area contributed by atoms with Crippen LogP contribution in [0.25, 0.3) is 0 Å². The summed E-state index contributed by atoms with van der Waals surface area (Å²) in [7, 11) is -3.45. The van der Waals surface area contributed by atoms with E-state index >= 15 is 0 Å². The van der Waals surface area contributed by atoms with Gasteiger partial charge < -0.3 is 11.1 Å². The second-order valence-corrected chi connectivity index (χ2v) is 5.25. The van der Waals surface area contributed by atoms with Gasteiger partial charge in [-0.05, 0) is 12.8 Å². The number of sulfonamides is 1. The van der Waals surface area contributed by atoms with Crippen LogP contribution in [0.1, 0.15) is 19.3 Å². The zero-order chi connectivity index (χ0) is 10.2. The van der Waals surface area contributed by atoms with Gasteiger partial charge in [0.15, 0.2) is 0 Å². The molecule has 0 saturated heterocycles. The Hall–Kier alpha value is -0.880. The topological polar surface area (TPSA) is 84.5 Å². The Morgan fingerprint density at radius 3 is 2.71 bits per heavy atom. The molecular formula is C8H13N3O2S. The lowest BCUT2D eigenvalue weighted by Crippen LogP contribution is -2.37. The first-order valence-electron chi connectivity index (χ1n) is 4.62. The Morgan fingerprint density at radius 2 is 2.29 bits per heavy atom. The van der Waals surface area contributed by atoms with E-state index in [2.05, 4.69) is 9.71 Å². The van der Waals surface area contributed by atoms with Gasteiger partial charge in [-0.25, -0.2) is 0 Å². The van der Waals surface area contributed by atoms with Crippen molar-refractivity contribution in [3.8, 4) is 0 Å². The highest BCUT2D eigenvalue weighted by molar-refractivity contribution is 7.94. The molecule has 5 nitrogen and oxygen atoms in total. The van der Waals surface area contributed by atoms with Crippen molar-refractivity contribution in [1.82, 2.24) is 5.32 Å². The molecule has 0 aromatic heterocycles. The molecule has 1 fully saturated rings. The maximum atomic E-state index is 11.3. The molecule has 1 saturated carbocycles. The standard InChI is InChI=1S/C8H13N3O2S/c9-7-4-11-14(12,13)8(7)5-10-6-2-1-3-6/h4,6,10H,1-3,5,9H2. The molecule has 14 heavy (non-hydrogen) atoms. The van der Waals surface area contributed by atoms with Crippen LogP contribution in [0.2, 0.25) is 0 Å². The SMILES string of the molecule is NC1=C(CNC2CCC2)S(=O)(=O)N=C1. The largest absolute Gasteiger partial charge is 0.397 e. The summed E-state index contributed by atoms with van der Waals surface area (Å²) >= 11 is 0. The normalized spacial score (nSPS) is 25.4. The molecule has 0 bridgehead atoms. The molecule has 78 valence electrons. The quantitative estimate of drug-likeness (QED) is 0.677. The summed E-state index contributed by atoms with van der Waals surface area (Å²) in [6.45, 7) is 0.304. The van der Waals surface area contributed by atoms with Crippen LogP contribution in [-0.2, 0) is 10.0 Å². The molecule has 0 atom stereocenters. The molecule has 0 aromatic carbocycles. The Labute approximate surface area is 83.1 Å². The predicted molar refractivity (Wildman–Crippen MR) is 54.3 cm³/mol. The van der Waals surface area contributed by atoms with E-state index in [0.717, 1.165) is 12.8 Å². The molecule has 0 spiro atoms. The van der Waals surface area contributed by atoms with Crippen molar-refractivity contribution in [1.29, 1.82) is 0 Å². The molecule has 2 rings (SSSR count). The van der Waals surface area contributed by atoms with Gasteiger partial charge in [0.1, 0.15) is 4.91 Å². The highest BCUT2D eigenvalue weighted by Gasteiger charge is 2.26. The number of rotatable bonds is 3. The van der Waals surface area contributed by atoms with E-state index in [9.17, 15) is 8.42 Å². The number of nitrogens with one attached hydrogen (secondary N) is 1. The minimum atomic E-state index is -3.45. The Morgan fingerprint density at radius 1 is 1.57 bits per heavy atom. The molecule has 3 N–H and O–H groups in total. The van der Waals surface area contributed by atoms with Gasteiger partial charge in [-0.3, -0.25) is 0 Å². The first-order chi connectivity index (χ1) is 6.59. The number of hydrogen-bond donors (Lipinski definition) is 2. The number of allylic oxidation sites excluding steroid dienone is 1. The van der Waals surface area contributed by atoms with E-state index < -0.39 is 10.0 Å². The maximum Gasteiger partial charge on any atom is 0.281 e. The van der Waals surface area contributed by atoms with E-state index in [4.69, 9.17) is 5.73 Å². The van der Waals surface area contributed by atoms with E-state index in [1.54, 1.807) is 0 Å². The fourth-order valence-electron chi connectivity index (χ4n) is 1.45. The first kappa shape index (κ1) is 9.67. The van der Waals surface area contributed by atoms with Crippen LogP contribution in [0.4, 0.5) is 0 Å².